The van der Waals surface area contributed by atoms with E-state index in [2.05, 4.69) is 11.9 Å². The fourth-order valence-corrected chi connectivity index (χ4v) is 1.31. The first kappa shape index (κ1) is 17.3. The predicted octanol–water partition coefficient (Wildman–Crippen LogP) is 3.27. The molecule has 0 fully saturated rings. The van der Waals surface area contributed by atoms with Crippen LogP contribution in [0.4, 0.5) is 4.79 Å². The van der Waals surface area contributed by atoms with Crippen molar-refractivity contribution < 1.29 is 9.53 Å². The lowest BCUT2D eigenvalue weighted by Gasteiger charge is -2.19. The average molecular weight is 266 g/mol. The summed E-state index contributed by atoms with van der Waals surface area (Å²) in [6.07, 6.45) is 3.96. The second-order valence-electron chi connectivity index (χ2n) is 5.42. The molecule has 4 heteroatoms. The van der Waals surface area contributed by atoms with Gasteiger partial charge in [0, 0.05) is 12.2 Å². The van der Waals surface area contributed by atoms with Crippen molar-refractivity contribution >= 4 is 6.09 Å². The molecular formula is C15H26N2O2. The van der Waals surface area contributed by atoms with E-state index in [1.807, 2.05) is 46.8 Å². The maximum absolute atomic E-state index is 11.5. The monoisotopic (exact) mass is 266 g/mol. The first-order valence-corrected chi connectivity index (χ1v) is 6.41. The third-order valence-electron chi connectivity index (χ3n) is 2.28. The number of ether oxygens (including phenoxy) is 1. The number of rotatable bonds is 5. The third-order valence-corrected chi connectivity index (χ3v) is 2.28. The highest BCUT2D eigenvalue weighted by Gasteiger charge is 2.15. The van der Waals surface area contributed by atoms with Crippen molar-refractivity contribution in [1.82, 2.24) is 5.32 Å². The molecule has 0 spiro atoms. The van der Waals surface area contributed by atoms with Crippen LogP contribution in [0.2, 0.25) is 0 Å². The van der Waals surface area contributed by atoms with E-state index in [1.54, 1.807) is 0 Å². The smallest absolute Gasteiger partial charge is 0.407 e. The lowest BCUT2D eigenvalue weighted by atomic mass is 10.0. The minimum atomic E-state index is -0.480. The van der Waals surface area contributed by atoms with Crippen molar-refractivity contribution in [2.45, 2.75) is 46.6 Å². The second-order valence-corrected chi connectivity index (χ2v) is 5.42. The van der Waals surface area contributed by atoms with E-state index in [0.29, 0.717) is 18.7 Å². The summed E-state index contributed by atoms with van der Waals surface area (Å²) in [5.41, 5.74) is 7.93. The topological polar surface area (TPSA) is 64.3 Å². The first-order chi connectivity index (χ1) is 8.65. The molecule has 19 heavy (non-hydrogen) atoms. The highest BCUT2D eigenvalue weighted by molar-refractivity contribution is 5.67. The molecule has 0 aromatic carbocycles. The molecule has 0 radical (unpaired) electrons. The van der Waals surface area contributed by atoms with Gasteiger partial charge in [0.1, 0.15) is 5.60 Å². The van der Waals surface area contributed by atoms with Crippen LogP contribution in [0.5, 0.6) is 0 Å². The Morgan fingerprint density at radius 3 is 2.42 bits per heavy atom. The highest BCUT2D eigenvalue weighted by Crippen LogP contribution is 2.13. The fourth-order valence-electron chi connectivity index (χ4n) is 1.31. The van der Waals surface area contributed by atoms with Gasteiger partial charge in [-0.1, -0.05) is 18.2 Å². The quantitative estimate of drug-likeness (QED) is 0.751. The van der Waals surface area contributed by atoms with Crippen LogP contribution in [0.1, 0.15) is 41.0 Å². The molecule has 0 atom stereocenters. The van der Waals surface area contributed by atoms with Gasteiger partial charge in [0.2, 0.25) is 0 Å². The second kappa shape index (κ2) is 7.67. The number of hydrogen-bond acceptors (Lipinski definition) is 3. The van der Waals surface area contributed by atoms with E-state index in [9.17, 15) is 4.79 Å². The molecule has 3 N–H and O–H groups in total. The van der Waals surface area contributed by atoms with Gasteiger partial charge in [-0.05, 0) is 52.7 Å². The Kier molecular flexibility index (Phi) is 6.98. The predicted molar refractivity (Wildman–Crippen MR) is 79.7 cm³/mol. The van der Waals surface area contributed by atoms with Crippen molar-refractivity contribution in [3.05, 3.63) is 35.6 Å². The molecule has 0 saturated carbocycles. The van der Waals surface area contributed by atoms with E-state index in [-0.39, 0.29) is 0 Å². The van der Waals surface area contributed by atoms with Gasteiger partial charge in [0.05, 0.1) is 0 Å². The Bertz CT molecular complexity index is 387. The van der Waals surface area contributed by atoms with Crippen molar-refractivity contribution in [2.24, 2.45) is 5.73 Å². The molecule has 0 saturated heterocycles. The maximum atomic E-state index is 11.5. The van der Waals surface area contributed by atoms with Gasteiger partial charge >= 0.3 is 6.09 Å². The molecule has 0 aliphatic heterocycles. The Morgan fingerprint density at radius 1 is 1.42 bits per heavy atom. The largest absolute Gasteiger partial charge is 0.444 e. The van der Waals surface area contributed by atoms with Gasteiger partial charge in [-0.2, -0.15) is 0 Å². The van der Waals surface area contributed by atoms with Gasteiger partial charge in [0.25, 0.3) is 0 Å². The number of amides is 1. The van der Waals surface area contributed by atoms with Crippen LogP contribution in [-0.4, -0.2) is 18.2 Å². The zero-order chi connectivity index (χ0) is 15.1. The summed E-state index contributed by atoms with van der Waals surface area (Å²) in [7, 11) is 0. The molecule has 0 bridgehead atoms. The Balaban J connectivity index is 4.34. The first-order valence-electron chi connectivity index (χ1n) is 6.41. The van der Waals surface area contributed by atoms with Crippen LogP contribution in [0.15, 0.2) is 35.6 Å². The summed E-state index contributed by atoms with van der Waals surface area (Å²) >= 11 is 0. The zero-order valence-corrected chi connectivity index (χ0v) is 12.7. The van der Waals surface area contributed by atoms with Gasteiger partial charge in [0.15, 0.2) is 0 Å². The molecule has 0 rings (SSSR count). The van der Waals surface area contributed by atoms with E-state index in [4.69, 9.17) is 10.5 Å². The Labute approximate surface area is 116 Å². The normalized spacial score (nSPS) is 13.1. The molecule has 108 valence electrons. The average Bonchev–Trinajstić information content (AvgIpc) is 2.24. The number of nitrogens with one attached hydrogen (secondary N) is 1. The summed E-state index contributed by atoms with van der Waals surface area (Å²) < 4.78 is 5.15. The van der Waals surface area contributed by atoms with Crippen LogP contribution in [0, 0.1) is 0 Å². The molecule has 0 aliphatic carbocycles. The van der Waals surface area contributed by atoms with Gasteiger partial charge in [-0.3, -0.25) is 0 Å². The summed E-state index contributed by atoms with van der Waals surface area (Å²) in [6.45, 7) is 13.7. The molecule has 0 aromatic rings. The number of carbonyl (C=O) groups excluding carboxylic acids is 1. The molecule has 0 heterocycles. The number of hydrogen-bond donors (Lipinski definition) is 2. The van der Waals surface area contributed by atoms with Crippen molar-refractivity contribution in [3.8, 4) is 0 Å². The standard InChI is InChI=1S/C15H26N2O2/c1-7-13(16)10-12(11(2)3)8-9-17-14(18)19-15(4,5)6/h7,10H,2,8-9,16H2,1,3-6H3,(H,17,18)/b12-10-,13-7+. The zero-order valence-electron chi connectivity index (χ0n) is 12.7. The molecule has 0 unspecified atom stereocenters. The van der Waals surface area contributed by atoms with E-state index in [1.165, 1.54) is 0 Å². The minimum Gasteiger partial charge on any atom is -0.444 e. The van der Waals surface area contributed by atoms with Crippen molar-refractivity contribution in [1.29, 1.82) is 0 Å². The molecule has 0 aliphatic rings. The summed E-state index contributed by atoms with van der Waals surface area (Å²) in [5, 5.41) is 2.71. The number of allylic oxidation sites excluding steroid dienone is 3. The molecule has 4 nitrogen and oxygen atoms in total. The molecular weight excluding hydrogens is 240 g/mol. The summed E-state index contributed by atoms with van der Waals surface area (Å²) in [6, 6.07) is 0. The van der Waals surface area contributed by atoms with Crippen molar-refractivity contribution in [3.63, 3.8) is 0 Å². The van der Waals surface area contributed by atoms with Crippen LogP contribution < -0.4 is 11.1 Å². The van der Waals surface area contributed by atoms with Gasteiger partial charge < -0.3 is 15.8 Å². The summed E-state index contributed by atoms with van der Waals surface area (Å²) in [4.78, 5) is 11.5. The van der Waals surface area contributed by atoms with Crippen molar-refractivity contribution in [2.75, 3.05) is 6.54 Å². The highest BCUT2D eigenvalue weighted by atomic mass is 16.6. The van der Waals surface area contributed by atoms with E-state index >= 15 is 0 Å². The summed E-state index contributed by atoms with van der Waals surface area (Å²) in [5.74, 6) is 0. The lowest BCUT2D eigenvalue weighted by Crippen LogP contribution is -2.33. The SMILES string of the molecule is C=C(C)/C(=C\C(N)=C/C)CCNC(=O)OC(C)(C)C. The number of alkyl carbamates (subject to hydrolysis) is 1. The van der Waals surface area contributed by atoms with E-state index < -0.39 is 11.7 Å². The number of carbonyl (C=O) groups is 1. The van der Waals surface area contributed by atoms with Crippen LogP contribution in [0.25, 0.3) is 0 Å². The molecule has 0 aromatic heterocycles. The minimum absolute atomic E-state index is 0.410. The van der Waals surface area contributed by atoms with Crippen LogP contribution >= 0.6 is 0 Å². The fraction of sp³-hybridized carbons (Fsp3) is 0.533. The third kappa shape index (κ3) is 8.94. The lowest BCUT2D eigenvalue weighted by molar-refractivity contribution is 0.0528. The maximum Gasteiger partial charge on any atom is 0.407 e. The van der Waals surface area contributed by atoms with Gasteiger partial charge in [-0.25, -0.2) is 4.79 Å². The van der Waals surface area contributed by atoms with E-state index in [0.717, 1.165) is 11.1 Å². The van der Waals surface area contributed by atoms with Gasteiger partial charge in [-0.15, -0.1) is 0 Å². The Hall–Kier alpha value is -1.71. The Morgan fingerprint density at radius 2 is 2.00 bits per heavy atom. The number of nitrogens with two attached hydrogens (primary N) is 1. The van der Waals surface area contributed by atoms with Crippen LogP contribution in [-0.2, 0) is 4.74 Å². The van der Waals surface area contributed by atoms with Crippen LogP contribution in [0.3, 0.4) is 0 Å². The molecule has 1 amide bonds.